The monoisotopic (exact) mass is 236 g/mol. The molecule has 2 rings (SSSR count). The van der Waals surface area contributed by atoms with Gasteiger partial charge in [0, 0.05) is 5.92 Å². The van der Waals surface area contributed by atoms with E-state index in [4.69, 9.17) is 0 Å². The number of ketones is 1. The molecule has 0 aromatic carbocycles. The van der Waals surface area contributed by atoms with E-state index < -0.39 is 5.54 Å². The molecule has 1 saturated carbocycles. The highest BCUT2D eigenvalue weighted by molar-refractivity contribution is 5.96. The molecule has 0 radical (unpaired) electrons. The van der Waals surface area contributed by atoms with Crippen molar-refractivity contribution in [2.24, 2.45) is 11.8 Å². The highest BCUT2D eigenvalue weighted by Gasteiger charge is 2.57. The van der Waals surface area contributed by atoms with Gasteiger partial charge in [0.25, 0.3) is 0 Å². The van der Waals surface area contributed by atoms with Gasteiger partial charge in [-0.2, -0.15) is 0 Å². The fourth-order valence-corrected chi connectivity index (χ4v) is 2.63. The third-order valence-electron chi connectivity index (χ3n) is 3.94. The van der Waals surface area contributed by atoms with Crippen molar-refractivity contribution in [2.75, 3.05) is 6.54 Å². The normalized spacial score (nSPS) is 39.8. The summed E-state index contributed by atoms with van der Waals surface area (Å²) < 4.78 is 0. The third-order valence-corrected chi connectivity index (χ3v) is 3.94. The van der Waals surface area contributed by atoms with E-state index in [2.05, 4.69) is 24.1 Å². The average Bonchev–Trinajstić information content (AvgIpc) is 2.82. The Balaban J connectivity index is 1.98. The van der Waals surface area contributed by atoms with Crippen LogP contribution in [0, 0.1) is 11.8 Å². The van der Waals surface area contributed by atoms with Crippen molar-refractivity contribution >= 4 is 11.7 Å². The molecule has 2 fully saturated rings. The minimum absolute atomic E-state index is 0.0294. The van der Waals surface area contributed by atoms with Gasteiger partial charge in [-0.15, -0.1) is 6.58 Å². The Morgan fingerprint density at radius 2 is 2.24 bits per heavy atom. The molecule has 0 aromatic rings. The number of hydrogen-bond acceptors (Lipinski definition) is 3. The summed E-state index contributed by atoms with van der Waals surface area (Å²) >= 11 is 0. The molecule has 2 aliphatic rings. The van der Waals surface area contributed by atoms with Gasteiger partial charge in [0.05, 0.1) is 6.04 Å². The molecule has 4 nitrogen and oxygen atoms in total. The lowest BCUT2D eigenvalue weighted by Gasteiger charge is -2.18. The molecule has 2 N–H and O–H groups in total. The van der Waals surface area contributed by atoms with Crippen LogP contribution in [0.25, 0.3) is 0 Å². The molecule has 4 atom stereocenters. The maximum Gasteiger partial charge on any atom is 0.237 e. The maximum absolute atomic E-state index is 12.1. The minimum Gasteiger partial charge on any atom is -0.342 e. The number of nitrogens with one attached hydrogen (secondary N) is 2. The molecule has 0 spiro atoms. The van der Waals surface area contributed by atoms with E-state index in [1.807, 2.05) is 0 Å². The lowest BCUT2D eigenvalue weighted by Crippen LogP contribution is -2.50. The van der Waals surface area contributed by atoms with Crippen LogP contribution in [0.2, 0.25) is 0 Å². The van der Waals surface area contributed by atoms with Crippen molar-refractivity contribution in [3.63, 3.8) is 0 Å². The summed E-state index contributed by atoms with van der Waals surface area (Å²) in [4.78, 5) is 23.7. The molecule has 1 amide bonds. The van der Waals surface area contributed by atoms with E-state index >= 15 is 0 Å². The van der Waals surface area contributed by atoms with Crippen LogP contribution >= 0.6 is 0 Å². The zero-order chi connectivity index (χ0) is 12.6. The van der Waals surface area contributed by atoms with E-state index in [-0.39, 0.29) is 23.7 Å². The van der Waals surface area contributed by atoms with Gasteiger partial charge in [0.15, 0.2) is 5.78 Å². The molecule has 1 aliphatic heterocycles. The van der Waals surface area contributed by atoms with Crippen LogP contribution in [-0.2, 0) is 9.59 Å². The molecule has 0 bridgehead atoms. The molecule has 1 heterocycles. The quantitative estimate of drug-likeness (QED) is 0.704. The van der Waals surface area contributed by atoms with Gasteiger partial charge < -0.3 is 10.6 Å². The number of rotatable bonds is 4. The Kier molecular flexibility index (Phi) is 3.08. The number of Topliss-reactive ketones (excluding diaryl/α,β-unsaturated/α-hetero) is 1. The van der Waals surface area contributed by atoms with Gasteiger partial charge in [0.2, 0.25) is 5.91 Å². The van der Waals surface area contributed by atoms with Crippen molar-refractivity contribution in [3.05, 3.63) is 12.7 Å². The van der Waals surface area contributed by atoms with Crippen LogP contribution in [0.15, 0.2) is 12.7 Å². The second-order valence-electron chi connectivity index (χ2n) is 5.36. The molecular formula is C13H20N2O2. The predicted molar refractivity (Wildman–Crippen MR) is 65.4 cm³/mol. The lowest BCUT2D eigenvalue weighted by atomic mass is 10.1. The second-order valence-corrected chi connectivity index (χ2v) is 5.36. The molecule has 0 aromatic heterocycles. The van der Waals surface area contributed by atoms with Crippen molar-refractivity contribution in [1.29, 1.82) is 0 Å². The van der Waals surface area contributed by atoms with Crippen molar-refractivity contribution < 1.29 is 9.59 Å². The SMILES string of the molecule is C=CC1CC1(NC(=O)C1CC(C)CN1)C(C)=O. The van der Waals surface area contributed by atoms with Gasteiger partial charge in [-0.25, -0.2) is 0 Å². The largest absolute Gasteiger partial charge is 0.342 e. The Morgan fingerprint density at radius 3 is 2.65 bits per heavy atom. The average molecular weight is 236 g/mol. The fraction of sp³-hybridized carbons (Fsp3) is 0.692. The van der Waals surface area contributed by atoms with E-state index in [0.29, 0.717) is 12.3 Å². The van der Waals surface area contributed by atoms with Crippen molar-refractivity contribution in [3.8, 4) is 0 Å². The molecule has 4 heteroatoms. The van der Waals surface area contributed by atoms with E-state index in [1.54, 1.807) is 6.08 Å². The molecule has 17 heavy (non-hydrogen) atoms. The van der Waals surface area contributed by atoms with Gasteiger partial charge in [-0.3, -0.25) is 9.59 Å². The lowest BCUT2D eigenvalue weighted by molar-refractivity contribution is -0.129. The van der Waals surface area contributed by atoms with Crippen molar-refractivity contribution in [1.82, 2.24) is 10.6 Å². The first-order chi connectivity index (χ1) is 7.99. The van der Waals surface area contributed by atoms with Gasteiger partial charge in [-0.1, -0.05) is 13.0 Å². The number of carbonyl (C=O) groups is 2. The Hall–Kier alpha value is -1.16. The number of amides is 1. The summed E-state index contributed by atoms with van der Waals surface area (Å²) in [5, 5.41) is 6.09. The molecule has 4 unspecified atom stereocenters. The summed E-state index contributed by atoms with van der Waals surface area (Å²) in [6, 6.07) is -0.146. The van der Waals surface area contributed by atoms with Crippen LogP contribution in [0.3, 0.4) is 0 Å². The van der Waals surface area contributed by atoms with E-state index in [1.165, 1.54) is 6.92 Å². The van der Waals surface area contributed by atoms with Crippen LogP contribution < -0.4 is 10.6 Å². The number of carbonyl (C=O) groups excluding carboxylic acids is 2. The Labute approximate surface area is 102 Å². The van der Waals surface area contributed by atoms with E-state index in [0.717, 1.165) is 13.0 Å². The summed E-state index contributed by atoms with van der Waals surface area (Å²) in [7, 11) is 0. The highest BCUT2D eigenvalue weighted by Crippen LogP contribution is 2.45. The summed E-state index contributed by atoms with van der Waals surface area (Å²) in [6.45, 7) is 8.22. The second kappa shape index (κ2) is 4.26. The molecule has 1 saturated heterocycles. The van der Waals surface area contributed by atoms with Gasteiger partial charge in [0.1, 0.15) is 5.54 Å². The Bertz CT molecular complexity index is 366. The summed E-state index contributed by atoms with van der Waals surface area (Å²) in [5.74, 6) is 0.604. The van der Waals surface area contributed by atoms with Crippen LogP contribution in [0.4, 0.5) is 0 Å². The molecule has 94 valence electrons. The van der Waals surface area contributed by atoms with E-state index in [9.17, 15) is 9.59 Å². The molecular weight excluding hydrogens is 216 g/mol. The smallest absolute Gasteiger partial charge is 0.237 e. The van der Waals surface area contributed by atoms with Gasteiger partial charge >= 0.3 is 0 Å². The maximum atomic E-state index is 12.1. The highest BCUT2D eigenvalue weighted by atomic mass is 16.2. The van der Waals surface area contributed by atoms with Crippen LogP contribution in [-0.4, -0.2) is 29.8 Å². The van der Waals surface area contributed by atoms with Crippen LogP contribution in [0.1, 0.15) is 26.7 Å². The standard InChI is InChI=1S/C13H20N2O2/c1-4-10-6-13(10,9(3)16)15-12(17)11-5-8(2)7-14-11/h4,8,10-11,14H,1,5-7H2,2-3H3,(H,15,17). The first-order valence-corrected chi connectivity index (χ1v) is 6.18. The molecule has 1 aliphatic carbocycles. The van der Waals surface area contributed by atoms with Gasteiger partial charge in [-0.05, 0) is 32.2 Å². The zero-order valence-corrected chi connectivity index (χ0v) is 10.5. The first-order valence-electron chi connectivity index (χ1n) is 6.18. The zero-order valence-electron chi connectivity index (χ0n) is 10.5. The first kappa shape index (κ1) is 12.3. The minimum atomic E-state index is -0.660. The number of hydrogen-bond donors (Lipinski definition) is 2. The summed E-state index contributed by atoms with van der Waals surface area (Å²) in [6.07, 6.45) is 3.30. The third kappa shape index (κ3) is 2.14. The fourth-order valence-electron chi connectivity index (χ4n) is 2.63. The predicted octanol–water partition coefficient (Wildman–Crippen LogP) is 0.634. The topological polar surface area (TPSA) is 58.2 Å². The van der Waals surface area contributed by atoms with Crippen LogP contribution in [0.5, 0.6) is 0 Å². The van der Waals surface area contributed by atoms with Crippen molar-refractivity contribution in [2.45, 2.75) is 38.3 Å². The summed E-state index contributed by atoms with van der Waals surface area (Å²) in [5.41, 5.74) is -0.660. The Morgan fingerprint density at radius 1 is 1.53 bits per heavy atom.